The van der Waals surface area contributed by atoms with Gasteiger partial charge in [-0.05, 0) is 31.7 Å². The maximum Gasteiger partial charge on any atom is 0.326 e. The molecule has 22 heavy (non-hydrogen) atoms. The molecule has 1 heterocycles. The predicted molar refractivity (Wildman–Crippen MR) is 82.0 cm³/mol. The van der Waals surface area contributed by atoms with Crippen molar-refractivity contribution in [3.05, 3.63) is 0 Å². The first-order valence-electron chi connectivity index (χ1n) is 7.95. The van der Waals surface area contributed by atoms with Gasteiger partial charge < -0.3 is 21.1 Å². The second-order valence-corrected chi connectivity index (χ2v) is 5.85. The number of rotatable bonds is 8. The third kappa shape index (κ3) is 4.69. The standard InChI is InChI=1S/C15H27N3O4/c1-3-10(2)13(15(21)22)17-14(20)11-6-5-9-18(11)12(19)7-4-8-16/h10-11,13H,3-9,16H2,1-2H3,(H,17,20)(H,21,22). The SMILES string of the molecule is CCC(C)C(NC(=O)C1CCCN1C(=O)CCCN)C(=O)O. The van der Waals surface area contributed by atoms with Crippen molar-refractivity contribution in [3.63, 3.8) is 0 Å². The molecule has 0 radical (unpaired) electrons. The lowest BCUT2D eigenvalue weighted by Gasteiger charge is -2.27. The van der Waals surface area contributed by atoms with E-state index in [1.165, 1.54) is 0 Å². The fourth-order valence-corrected chi connectivity index (χ4v) is 2.67. The minimum Gasteiger partial charge on any atom is -0.480 e. The van der Waals surface area contributed by atoms with E-state index in [2.05, 4.69) is 5.32 Å². The summed E-state index contributed by atoms with van der Waals surface area (Å²) in [4.78, 5) is 37.3. The lowest BCUT2D eigenvalue weighted by molar-refractivity contribution is -0.145. The van der Waals surface area contributed by atoms with Crippen molar-refractivity contribution in [2.75, 3.05) is 13.1 Å². The second kappa shape index (κ2) is 8.73. The molecule has 1 aliphatic rings. The Morgan fingerprint density at radius 1 is 1.41 bits per heavy atom. The van der Waals surface area contributed by atoms with Gasteiger partial charge in [0.1, 0.15) is 12.1 Å². The highest BCUT2D eigenvalue weighted by atomic mass is 16.4. The summed E-state index contributed by atoms with van der Waals surface area (Å²) in [5, 5.41) is 11.8. The first-order valence-corrected chi connectivity index (χ1v) is 7.95. The van der Waals surface area contributed by atoms with Gasteiger partial charge in [0.15, 0.2) is 0 Å². The highest BCUT2D eigenvalue weighted by Gasteiger charge is 2.36. The molecular formula is C15H27N3O4. The summed E-state index contributed by atoms with van der Waals surface area (Å²) in [7, 11) is 0. The molecule has 0 aromatic carbocycles. The van der Waals surface area contributed by atoms with Gasteiger partial charge in [0.05, 0.1) is 0 Å². The van der Waals surface area contributed by atoms with E-state index < -0.39 is 18.1 Å². The third-order valence-electron chi connectivity index (χ3n) is 4.25. The Morgan fingerprint density at radius 3 is 2.64 bits per heavy atom. The van der Waals surface area contributed by atoms with Crippen molar-refractivity contribution in [3.8, 4) is 0 Å². The van der Waals surface area contributed by atoms with Crippen molar-refractivity contribution >= 4 is 17.8 Å². The summed E-state index contributed by atoms with van der Waals surface area (Å²) in [6.07, 6.45) is 2.91. The molecule has 0 aromatic heterocycles. The molecular weight excluding hydrogens is 286 g/mol. The van der Waals surface area contributed by atoms with E-state index in [1.807, 2.05) is 6.92 Å². The molecule has 0 aromatic rings. The highest BCUT2D eigenvalue weighted by molar-refractivity contribution is 5.91. The van der Waals surface area contributed by atoms with Gasteiger partial charge in [-0.2, -0.15) is 0 Å². The summed E-state index contributed by atoms with van der Waals surface area (Å²) in [6.45, 7) is 4.65. The molecule has 3 atom stereocenters. The maximum absolute atomic E-state index is 12.4. The van der Waals surface area contributed by atoms with Crippen LogP contribution in [0.25, 0.3) is 0 Å². The molecule has 1 rings (SSSR count). The van der Waals surface area contributed by atoms with Crippen LogP contribution in [0.4, 0.5) is 0 Å². The molecule has 1 saturated heterocycles. The van der Waals surface area contributed by atoms with Crippen molar-refractivity contribution in [2.24, 2.45) is 11.7 Å². The van der Waals surface area contributed by atoms with Crippen molar-refractivity contribution in [1.29, 1.82) is 0 Å². The van der Waals surface area contributed by atoms with Crippen LogP contribution < -0.4 is 11.1 Å². The Bertz CT molecular complexity index is 414. The summed E-state index contributed by atoms with van der Waals surface area (Å²) in [5.74, 6) is -1.66. The summed E-state index contributed by atoms with van der Waals surface area (Å²) in [6, 6.07) is -1.48. The Morgan fingerprint density at radius 2 is 2.09 bits per heavy atom. The van der Waals surface area contributed by atoms with Crippen molar-refractivity contribution in [1.82, 2.24) is 10.2 Å². The van der Waals surface area contributed by atoms with Crippen LogP contribution in [0.3, 0.4) is 0 Å². The van der Waals surface area contributed by atoms with Crippen LogP contribution in [-0.4, -0.2) is 53.0 Å². The number of carboxylic acids is 1. The smallest absolute Gasteiger partial charge is 0.326 e. The van der Waals surface area contributed by atoms with Crippen LogP contribution in [0, 0.1) is 5.92 Å². The first kappa shape index (κ1) is 18.4. The van der Waals surface area contributed by atoms with Gasteiger partial charge in [-0.25, -0.2) is 4.79 Å². The number of nitrogens with zero attached hydrogens (tertiary/aromatic N) is 1. The Labute approximate surface area is 131 Å². The number of carbonyl (C=O) groups is 3. The van der Waals surface area contributed by atoms with Crippen LogP contribution in [0.5, 0.6) is 0 Å². The minimum atomic E-state index is -1.04. The number of aliphatic carboxylic acids is 1. The molecule has 3 unspecified atom stereocenters. The molecule has 1 aliphatic heterocycles. The minimum absolute atomic E-state index is 0.0847. The largest absolute Gasteiger partial charge is 0.480 e. The number of likely N-dealkylation sites (tertiary alicyclic amines) is 1. The molecule has 1 fully saturated rings. The number of carboxylic acid groups (broad SMARTS) is 1. The molecule has 7 nitrogen and oxygen atoms in total. The van der Waals surface area contributed by atoms with E-state index in [0.29, 0.717) is 38.8 Å². The van der Waals surface area contributed by atoms with E-state index >= 15 is 0 Å². The number of hydrogen-bond donors (Lipinski definition) is 3. The quantitative estimate of drug-likeness (QED) is 0.598. The van der Waals surface area contributed by atoms with Crippen molar-refractivity contribution < 1.29 is 19.5 Å². The van der Waals surface area contributed by atoms with Gasteiger partial charge in [-0.15, -0.1) is 0 Å². The number of nitrogens with one attached hydrogen (secondary N) is 1. The van der Waals surface area contributed by atoms with Gasteiger partial charge in [-0.1, -0.05) is 20.3 Å². The van der Waals surface area contributed by atoms with Gasteiger partial charge in [0.25, 0.3) is 0 Å². The highest BCUT2D eigenvalue weighted by Crippen LogP contribution is 2.20. The Hall–Kier alpha value is -1.63. The van der Waals surface area contributed by atoms with E-state index in [9.17, 15) is 19.5 Å². The average molecular weight is 313 g/mol. The summed E-state index contributed by atoms with van der Waals surface area (Å²) < 4.78 is 0. The molecule has 0 saturated carbocycles. The molecule has 4 N–H and O–H groups in total. The van der Waals surface area contributed by atoms with E-state index in [-0.39, 0.29) is 17.7 Å². The number of nitrogens with two attached hydrogens (primary N) is 1. The normalized spacial score (nSPS) is 20.5. The van der Waals surface area contributed by atoms with Gasteiger partial charge in [0.2, 0.25) is 11.8 Å². The second-order valence-electron chi connectivity index (χ2n) is 5.85. The zero-order valence-corrected chi connectivity index (χ0v) is 13.4. The number of amides is 2. The Kier molecular flexibility index (Phi) is 7.31. The van der Waals surface area contributed by atoms with E-state index in [4.69, 9.17) is 5.73 Å². The fraction of sp³-hybridized carbons (Fsp3) is 0.800. The number of hydrogen-bond acceptors (Lipinski definition) is 4. The van der Waals surface area contributed by atoms with E-state index in [0.717, 1.165) is 6.42 Å². The molecule has 0 bridgehead atoms. The van der Waals surface area contributed by atoms with Gasteiger partial charge in [0, 0.05) is 13.0 Å². The summed E-state index contributed by atoms with van der Waals surface area (Å²) in [5.41, 5.74) is 5.40. The van der Waals surface area contributed by atoms with Crippen LogP contribution in [-0.2, 0) is 14.4 Å². The van der Waals surface area contributed by atoms with E-state index in [1.54, 1.807) is 11.8 Å². The van der Waals surface area contributed by atoms with Gasteiger partial charge >= 0.3 is 5.97 Å². The molecule has 0 aliphatic carbocycles. The van der Waals surface area contributed by atoms with Crippen LogP contribution in [0.1, 0.15) is 46.0 Å². The van der Waals surface area contributed by atoms with Crippen molar-refractivity contribution in [2.45, 2.75) is 58.0 Å². The average Bonchev–Trinajstić information content (AvgIpc) is 2.98. The topological polar surface area (TPSA) is 113 Å². The predicted octanol–water partition coefficient (Wildman–Crippen LogP) is 0.332. The lowest BCUT2D eigenvalue weighted by atomic mass is 9.99. The Balaban J connectivity index is 2.69. The monoisotopic (exact) mass is 313 g/mol. The van der Waals surface area contributed by atoms with Crippen LogP contribution in [0.15, 0.2) is 0 Å². The van der Waals surface area contributed by atoms with Crippen LogP contribution in [0.2, 0.25) is 0 Å². The first-order chi connectivity index (χ1) is 10.4. The molecule has 7 heteroatoms. The molecule has 0 spiro atoms. The zero-order valence-electron chi connectivity index (χ0n) is 13.4. The molecule has 2 amide bonds. The lowest BCUT2D eigenvalue weighted by Crippen LogP contribution is -2.52. The number of carbonyl (C=O) groups excluding carboxylic acids is 2. The summed E-state index contributed by atoms with van der Waals surface area (Å²) >= 11 is 0. The fourth-order valence-electron chi connectivity index (χ4n) is 2.67. The zero-order chi connectivity index (χ0) is 16.7. The molecule has 126 valence electrons. The maximum atomic E-state index is 12.4. The van der Waals surface area contributed by atoms with Gasteiger partial charge in [-0.3, -0.25) is 9.59 Å². The van der Waals surface area contributed by atoms with Crippen LogP contribution >= 0.6 is 0 Å². The third-order valence-corrected chi connectivity index (χ3v) is 4.25.